The second kappa shape index (κ2) is 6.84. The molecule has 0 saturated carbocycles. The third-order valence-corrected chi connectivity index (χ3v) is 5.57. The van der Waals surface area contributed by atoms with Gasteiger partial charge in [0.25, 0.3) is 5.91 Å². The number of nitrogens with zero attached hydrogens (tertiary/aromatic N) is 4. The minimum absolute atomic E-state index is 0.0337. The molecule has 0 spiro atoms. The number of ether oxygens (including phenoxy) is 1. The molecule has 0 aliphatic carbocycles. The topological polar surface area (TPSA) is 97.7 Å². The first-order chi connectivity index (χ1) is 13.7. The Morgan fingerprint density at radius 3 is 3.11 bits per heavy atom. The number of benzene rings is 1. The van der Waals surface area contributed by atoms with Crippen molar-refractivity contribution in [3.63, 3.8) is 0 Å². The number of aromatic nitrogens is 5. The second-order valence-corrected chi connectivity index (χ2v) is 7.61. The van der Waals surface area contributed by atoms with Crippen LogP contribution in [0.1, 0.15) is 35.3 Å². The van der Waals surface area contributed by atoms with E-state index < -0.39 is 0 Å². The molecular formula is C19H18N6O2S. The van der Waals surface area contributed by atoms with Crippen molar-refractivity contribution < 1.29 is 9.53 Å². The van der Waals surface area contributed by atoms with Crippen LogP contribution in [0.5, 0.6) is 0 Å². The number of fused-ring (bicyclic) bond motifs is 1. The number of amides is 1. The molecule has 28 heavy (non-hydrogen) atoms. The van der Waals surface area contributed by atoms with Crippen molar-refractivity contribution in [1.29, 1.82) is 0 Å². The molecule has 1 atom stereocenters. The number of carbonyl (C=O) groups excluding carboxylic acids is 1. The van der Waals surface area contributed by atoms with E-state index in [1.807, 2.05) is 31.4 Å². The van der Waals surface area contributed by atoms with Gasteiger partial charge in [0.2, 0.25) is 0 Å². The summed E-state index contributed by atoms with van der Waals surface area (Å²) in [4.78, 5) is 24.9. The number of hydrogen-bond acceptors (Lipinski definition) is 6. The molecule has 1 aliphatic rings. The number of thiazole rings is 1. The highest BCUT2D eigenvalue weighted by atomic mass is 32.1. The van der Waals surface area contributed by atoms with Gasteiger partial charge in [0, 0.05) is 36.5 Å². The van der Waals surface area contributed by atoms with Crippen LogP contribution in [0, 0.1) is 0 Å². The minimum atomic E-state index is -0.246. The van der Waals surface area contributed by atoms with Crippen molar-refractivity contribution in [2.24, 2.45) is 7.05 Å². The van der Waals surface area contributed by atoms with E-state index in [1.165, 1.54) is 11.3 Å². The average molecular weight is 394 g/mol. The zero-order valence-electron chi connectivity index (χ0n) is 15.2. The Morgan fingerprint density at radius 1 is 1.39 bits per heavy atom. The zero-order valence-corrected chi connectivity index (χ0v) is 16.0. The van der Waals surface area contributed by atoms with Crippen molar-refractivity contribution in [3.05, 3.63) is 47.5 Å². The third-order valence-electron chi connectivity index (χ3n) is 4.68. The summed E-state index contributed by atoms with van der Waals surface area (Å²) in [6.07, 6.45) is 5.67. The lowest BCUT2D eigenvalue weighted by Crippen LogP contribution is -2.12. The number of imidazole rings is 1. The van der Waals surface area contributed by atoms with Gasteiger partial charge in [-0.05, 0) is 31.0 Å². The fourth-order valence-corrected chi connectivity index (χ4v) is 4.07. The molecule has 142 valence electrons. The van der Waals surface area contributed by atoms with Gasteiger partial charge in [-0.2, -0.15) is 5.10 Å². The summed E-state index contributed by atoms with van der Waals surface area (Å²) in [6.45, 7) is 0.775. The van der Waals surface area contributed by atoms with Crippen molar-refractivity contribution in [1.82, 2.24) is 24.7 Å². The van der Waals surface area contributed by atoms with E-state index in [-0.39, 0.29) is 12.0 Å². The van der Waals surface area contributed by atoms with Crippen molar-refractivity contribution in [2.45, 2.75) is 18.9 Å². The van der Waals surface area contributed by atoms with Gasteiger partial charge in [-0.1, -0.05) is 0 Å². The van der Waals surface area contributed by atoms with Gasteiger partial charge < -0.3 is 15.0 Å². The summed E-state index contributed by atoms with van der Waals surface area (Å²) < 4.78 is 7.39. The molecule has 5 rings (SSSR count). The molecule has 0 bridgehead atoms. The number of aromatic amines is 1. The van der Waals surface area contributed by atoms with Gasteiger partial charge in [0.1, 0.15) is 22.6 Å². The molecule has 2 N–H and O–H groups in total. The van der Waals surface area contributed by atoms with Crippen LogP contribution >= 0.6 is 11.3 Å². The van der Waals surface area contributed by atoms with Gasteiger partial charge in [-0.25, -0.2) is 9.97 Å². The Morgan fingerprint density at radius 2 is 2.32 bits per heavy atom. The standard InChI is InChI=1S/C19H18N6O2S/c1-25-9-11(8-20-25)19-24-15(10-28-19)18(26)21-12-4-5-13-14(7-12)23-17(22-13)16-3-2-6-27-16/h4-5,7-10,16H,2-3,6H2,1H3,(H,21,26)(H,22,23). The van der Waals surface area contributed by atoms with Gasteiger partial charge in [-0.3, -0.25) is 9.48 Å². The van der Waals surface area contributed by atoms with Crippen molar-refractivity contribution >= 4 is 34.0 Å². The van der Waals surface area contributed by atoms with Gasteiger partial charge in [-0.15, -0.1) is 11.3 Å². The van der Waals surface area contributed by atoms with E-state index in [0.29, 0.717) is 11.4 Å². The molecule has 1 aromatic carbocycles. The van der Waals surface area contributed by atoms with Crippen LogP contribution < -0.4 is 5.32 Å². The summed E-state index contributed by atoms with van der Waals surface area (Å²) in [5, 5.41) is 9.56. The Kier molecular flexibility index (Phi) is 4.18. The maximum absolute atomic E-state index is 12.6. The summed E-state index contributed by atoms with van der Waals surface area (Å²) in [7, 11) is 1.85. The predicted octanol–water partition coefficient (Wildman–Crippen LogP) is 3.52. The Balaban J connectivity index is 1.34. The molecular weight excluding hydrogens is 376 g/mol. The molecule has 1 fully saturated rings. The van der Waals surface area contributed by atoms with Crippen LogP contribution in [0.25, 0.3) is 21.6 Å². The smallest absolute Gasteiger partial charge is 0.275 e. The maximum Gasteiger partial charge on any atom is 0.275 e. The molecule has 9 heteroatoms. The number of anilines is 1. The summed E-state index contributed by atoms with van der Waals surface area (Å²) in [5.74, 6) is 0.598. The molecule has 1 aliphatic heterocycles. The monoisotopic (exact) mass is 394 g/mol. The third kappa shape index (κ3) is 3.19. The summed E-state index contributed by atoms with van der Waals surface area (Å²) >= 11 is 1.42. The quantitative estimate of drug-likeness (QED) is 0.552. The van der Waals surface area contributed by atoms with E-state index in [1.54, 1.807) is 16.3 Å². The van der Waals surface area contributed by atoms with Gasteiger partial charge in [0.05, 0.1) is 17.2 Å². The summed E-state index contributed by atoms with van der Waals surface area (Å²) in [6, 6.07) is 5.61. The van der Waals surface area contributed by atoms with E-state index in [0.717, 1.165) is 46.9 Å². The van der Waals surface area contributed by atoms with Crippen LogP contribution in [0.2, 0.25) is 0 Å². The highest BCUT2D eigenvalue weighted by Gasteiger charge is 2.21. The normalized spacial score (nSPS) is 16.7. The van der Waals surface area contributed by atoms with Crippen LogP contribution in [0.4, 0.5) is 5.69 Å². The molecule has 1 saturated heterocycles. The molecule has 3 aromatic heterocycles. The van der Waals surface area contributed by atoms with E-state index in [2.05, 4.69) is 25.4 Å². The number of H-pyrrole nitrogens is 1. The second-order valence-electron chi connectivity index (χ2n) is 6.75. The van der Waals surface area contributed by atoms with Crippen LogP contribution in [-0.2, 0) is 11.8 Å². The fraction of sp³-hybridized carbons (Fsp3) is 0.263. The largest absolute Gasteiger partial charge is 0.370 e. The Labute approximate surface area is 164 Å². The predicted molar refractivity (Wildman–Crippen MR) is 106 cm³/mol. The number of hydrogen-bond donors (Lipinski definition) is 2. The molecule has 1 amide bonds. The van der Waals surface area contributed by atoms with Crippen molar-refractivity contribution in [2.75, 3.05) is 11.9 Å². The van der Waals surface area contributed by atoms with Crippen LogP contribution in [0.3, 0.4) is 0 Å². The van der Waals surface area contributed by atoms with E-state index in [9.17, 15) is 4.79 Å². The Hall–Kier alpha value is -3.04. The van der Waals surface area contributed by atoms with Gasteiger partial charge >= 0.3 is 0 Å². The number of aryl methyl sites for hydroxylation is 1. The van der Waals surface area contributed by atoms with E-state index in [4.69, 9.17) is 4.74 Å². The molecule has 4 heterocycles. The highest BCUT2D eigenvalue weighted by Crippen LogP contribution is 2.29. The highest BCUT2D eigenvalue weighted by molar-refractivity contribution is 7.13. The molecule has 4 aromatic rings. The molecule has 1 unspecified atom stereocenters. The number of carbonyl (C=O) groups is 1. The fourth-order valence-electron chi connectivity index (χ4n) is 3.29. The number of rotatable bonds is 4. The summed E-state index contributed by atoms with van der Waals surface area (Å²) in [5.41, 5.74) is 3.70. The molecule has 8 nitrogen and oxygen atoms in total. The molecule has 0 radical (unpaired) electrons. The van der Waals surface area contributed by atoms with E-state index >= 15 is 0 Å². The lowest BCUT2D eigenvalue weighted by molar-refractivity contribution is 0.102. The first kappa shape index (κ1) is 17.1. The lowest BCUT2D eigenvalue weighted by atomic mass is 10.2. The first-order valence-corrected chi connectivity index (χ1v) is 9.91. The first-order valence-electron chi connectivity index (χ1n) is 9.03. The minimum Gasteiger partial charge on any atom is -0.370 e. The Bertz CT molecular complexity index is 1150. The SMILES string of the molecule is Cn1cc(-c2nc(C(=O)Nc3ccc4nc(C5CCCO5)[nH]c4c3)cs2)cn1. The maximum atomic E-state index is 12.6. The van der Waals surface area contributed by atoms with Crippen molar-refractivity contribution in [3.8, 4) is 10.6 Å². The average Bonchev–Trinajstić information content (AvgIpc) is 3.45. The lowest BCUT2D eigenvalue weighted by Gasteiger charge is -2.03. The number of nitrogens with one attached hydrogen (secondary N) is 2. The zero-order chi connectivity index (χ0) is 19.1. The van der Waals surface area contributed by atoms with Crippen LogP contribution in [-0.4, -0.2) is 37.2 Å². The van der Waals surface area contributed by atoms with Crippen LogP contribution in [0.15, 0.2) is 36.0 Å². The van der Waals surface area contributed by atoms with Gasteiger partial charge in [0.15, 0.2) is 0 Å².